The molecule has 1 heterocycles. The molecule has 1 saturated heterocycles. The molecule has 0 bridgehead atoms. The van der Waals surface area contributed by atoms with Gasteiger partial charge in [-0.2, -0.15) is 0 Å². The second kappa shape index (κ2) is 8.32. The van der Waals surface area contributed by atoms with Gasteiger partial charge in [-0.25, -0.2) is 16.8 Å². The Morgan fingerprint density at radius 1 is 1.15 bits per heavy atom. The lowest BCUT2D eigenvalue weighted by Crippen LogP contribution is -2.43. The van der Waals surface area contributed by atoms with Gasteiger partial charge in [-0.05, 0) is 62.9 Å². The standard InChI is InChI=1S/C19H27NO5S2/c1-25-16-7-9-17(10-8-16)27(23,24)19-14-26(21,22)13-18(19)20-12-11-15-5-3-2-4-6-15/h5,7-10,18-20H,2-4,6,11-14H2,1H3/t18-,19-/m1/s1. The van der Waals surface area contributed by atoms with Gasteiger partial charge in [0.25, 0.3) is 0 Å². The van der Waals surface area contributed by atoms with Gasteiger partial charge in [0.05, 0.1) is 28.8 Å². The third-order valence-electron chi connectivity index (χ3n) is 5.32. The van der Waals surface area contributed by atoms with E-state index in [0.717, 1.165) is 19.3 Å². The van der Waals surface area contributed by atoms with Gasteiger partial charge >= 0.3 is 0 Å². The normalized spacial score (nSPS) is 25.1. The van der Waals surface area contributed by atoms with Crippen molar-refractivity contribution in [2.45, 2.75) is 48.3 Å². The lowest BCUT2D eigenvalue weighted by Gasteiger charge is -2.21. The molecular weight excluding hydrogens is 386 g/mol. The quantitative estimate of drug-likeness (QED) is 0.689. The van der Waals surface area contributed by atoms with E-state index in [0.29, 0.717) is 12.3 Å². The number of nitrogens with one attached hydrogen (secondary N) is 1. The summed E-state index contributed by atoms with van der Waals surface area (Å²) in [5.74, 6) is 0.0943. The van der Waals surface area contributed by atoms with E-state index in [-0.39, 0.29) is 16.4 Å². The first kappa shape index (κ1) is 20.4. The monoisotopic (exact) mass is 413 g/mol. The maximum Gasteiger partial charge on any atom is 0.183 e. The minimum Gasteiger partial charge on any atom is -0.497 e. The van der Waals surface area contributed by atoms with Crippen LogP contribution in [0.3, 0.4) is 0 Å². The molecule has 1 N–H and O–H groups in total. The minimum atomic E-state index is -3.75. The molecule has 0 aromatic heterocycles. The second-order valence-electron chi connectivity index (χ2n) is 7.25. The molecule has 1 fully saturated rings. The maximum absolute atomic E-state index is 13.0. The van der Waals surface area contributed by atoms with Crippen LogP contribution in [0.5, 0.6) is 5.75 Å². The Morgan fingerprint density at radius 2 is 1.89 bits per heavy atom. The third kappa shape index (κ3) is 4.92. The molecule has 2 aliphatic rings. The van der Waals surface area contributed by atoms with Gasteiger partial charge in [0.1, 0.15) is 5.75 Å². The molecule has 1 aliphatic carbocycles. The van der Waals surface area contributed by atoms with Crippen LogP contribution in [-0.4, -0.2) is 53.3 Å². The highest BCUT2D eigenvalue weighted by Crippen LogP contribution is 2.27. The van der Waals surface area contributed by atoms with Gasteiger partial charge in [-0.3, -0.25) is 0 Å². The largest absolute Gasteiger partial charge is 0.497 e. The van der Waals surface area contributed by atoms with Crippen molar-refractivity contribution in [2.24, 2.45) is 0 Å². The smallest absolute Gasteiger partial charge is 0.183 e. The van der Waals surface area contributed by atoms with Crippen LogP contribution < -0.4 is 10.1 Å². The molecule has 150 valence electrons. The van der Waals surface area contributed by atoms with Crippen LogP contribution in [-0.2, 0) is 19.7 Å². The number of ether oxygens (including phenoxy) is 1. The Morgan fingerprint density at radius 3 is 2.52 bits per heavy atom. The predicted octanol–water partition coefficient (Wildman–Crippen LogP) is 2.11. The van der Waals surface area contributed by atoms with E-state index in [1.54, 1.807) is 12.1 Å². The number of benzene rings is 1. The Labute approximate surface area is 161 Å². The fourth-order valence-corrected chi connectivity index (χ4v) is 8.52. The van der Waals surface area contributed by atoms with E-state index >= 15 is 0 Å². The van der Waals surface area contributed by atoms with E-state index < -0.39 is 31.0 Å². The van der Waals surface area contributed by atoms with E-state index in [2.05, 4.69) is 11.4 Å². The zero-order chi connectivity index (χ0) is 19.5. The molecule has 0 saturated carbocycles. The Balaban J connectivity index is 1.73. The first-order chi connectivity index (χ1) is 12.8. The summed E-state index contributed by atoms with van der Waals surface area (Å²) in [5, 5.41) is 2.25. The average Bonchev–Trinajstić information content (AvgIpc) is 2.98. The first-order valence-electron chi connectivity index (χ1n) is 9.31. The van der Waals surface area contributed by atoms with Crippen molar-refractivity contribution < 1.29 is 21.6 Å². The second-order valence-corrected chi connectivity index (χ2v) is 11.6. The Hall–Kier alpha value is -1.38. The van der Waals surface area contributed by atoms with Crippen LogP contribution in [0.15, 0.2) is 40.8 Å². The molecule has 0 amide bonds. The van der Waals surface area contributed by atoms with Crippen molar-refractivity contribution >= 4 is 19.7 Å². The molecule has 0 unspecified atom stereocenters. The van der Waals surface area contributed by atoms with E-state index in [4.69, 9.17) is 4.74 Å². The van der Waals surface area contributed by atoms with Gasteiger partial charge in [-0.1, -0.05) is 11.6 Å². The molecular formula is C19H27NO5S2. The fourth-order valence-electron chi connectivity index (χ4n) is 3.80. The number of hydrogen-bond acceptors (Lipinski definition) is 6. The summed E-state index contributed by atoms with van der Waals surface area (Å²) < 4.78 is 55.5. The number of hydrogen-bond donors (Lipinski definition) is 1. The number of allylic oxidation sites excluding steroid dienone is 1. The summed E-state index contributed by atoms with van der Waals surface area (Å²) in [7, 11) is -5.63. The van der Waals surface area contributed by atoms with Crippen molar-refractivity contribution in [2.75, 3.05) is 25.2 Å². The first-order valence-corrected chi connectivity index (χ1v) is 12.7. The molecule has 0 radical (unpaired) electrons. The number of sulfone groups is 2. The van der Waals surface area contributed by atoms with Crippen LogP contribution >= 0.6 is 0 Å². The van der Waals surface area contributed by atoms with Gasteiger partial charge in [0, 0.05) is 6.04 Å². The van der Waals surface area contributed by atoms with Crippen LogP contribution in [0.4, 0.5) is 0 Å². The summed E-state index contributed by atoms with van der Waals surface area (Å²) in [5.41, 5.74) is 1.38. The van der Waals surface area contributed by atoms with Crippen LogP contribution in [0, 0.1) is 0 Å². The predicted molar refractivity (Wildman–Crippen MR) is 106 cm³/mol. The molecule has 0 spiro atoms. The molecule has 1 aromatic carbocycles. The summed E-state index contributed by atoms with van der Waals surface area (Å²) >= 11 is 0. The van der Waals surface area contributed by atoms with Gasteiger partial charge in [0.2, 0.25) is 0 Å². The van der Waals surface area contributed by atoms with Crippen LogP contribution in [0.2, 0.25) is 0 Å². The number of methoxy groups -OCH3 is 1. The van der Waals surface area contributed by atoms with Crippen LogP contribution in [0.1, 0.15) is 32.1 Å². The Kier molecular flexibility index (Phi) is 6.28. The van der Waals surface area contributed by atoms with Gasteiger partial charge in [0.15, 0.2) is 19.7 Å². The highest BCUT2D eigenvalue weighted by molar-refractivity contribution is 7.96. The fraction of sp³-hybridized carbons (Fsp3) is 0.579. The number of rotatable bonds is 7. The van der Waals surface area contributed by atoms with Gasteiger partial charge < -0.3 is 10.1 Å². The molecule has 8 heteroatoms. The average molecular weight is 414 g/mol. The van der Waals surface area contributed by atoms with Gasteiger partial charge in [-0.15, -0.1) is 0 Å². The highest BCUT2D eigenvalue weighted by Gasteiger charge is 2.45. The molecule has 6 nitrogen and oxygen atoms in total. The van der Waals surface area contributed by atoms with Crippen LogP contribution in [0.25, 0.3) is 0 Å². The van der Waals surface area contributed by atoms with Crippen molar-refractivity contribution in [1.29, 1.82) is 0 Å². The van der Waals surface area contributed by atoms with Crippen molar-refractivity contribution in [3.63, 3.8) is 0 Å². The molecule has 2 atom stereocenters. The molecule has 27 heavy (non-hydrogen) atoms. The van der Waals surface area contributed by atoms with E-state index in [9.17, 15) is 16.8 Å². The van der Waals surface area contributed by atoms with Crippen molar-refractivity contribution in [1.82, 2.24) is 5.32 Å². The summed E-state index contributed by atoms with van der Waals surface area (Å²) in [6, 6.07) is 5.53. The third-order valence-corrected chi connectivity index (χ3v) is 9.49. The minimum absolute atomic E-state index is 0.132. The zero-order valence-corrected chi connectivity index (χ0v) is 17.2. The van der Waals surface area contributed by atoms with Crippen molar-refractivity contribution in [3.8, 4) is 5.75 Å². The molecule has 1 aromatic rings. The Bertz CT molecular complexity index is 889. The highest BCUT2D eigenvalue weighted by atomic mass is 32.2. The lowest BCUT2D eigenvalue weighted by atomic mass is 9.97. The lowest BCUT2D eigenvalue weighted by molar-refractivity contribution is 0.414. The summed E-state index contributed by atoms with van der Waals surface area (Å²) in [6.45, 7) is 0.598. The molecule has 3 rings (SSSR count). The summed E-state index contributed by atoms with van der Waals surface area (Å²) in [4.78, 5) is 0.132. The SMILES string of the molecule is COc1ccc(S(=O)(=O)[C@@H]2CS(=O)(=O)C[C@H]2NCCC2=CCCCC2)cc1. The topological polar surface area (TPSA) is 89.5 Å². The van der Waals surface area contributed by atoms with E-state index in [1.807, 2.05) is 0 Å². The summed E-state index contributed by atoms with van der Waals surface area (Å²) in [6.07, 6.45) is 7.69. The molecule has 1 aliphatic heterocycles. The zero-order valence-electron chi connectivity index (χ0n) is 15.6. The maximum atomic E-state index is 13.0. The van der Waals surface area contributed by atoms with E-state index in [1.165, 1.54) is 37.7 Å². The van der Waals surface area contributed by atoms with Crippen molar-refractivity contribution in [3.05, 3.63) is 35.9 Å².